The summed E-state index contributed by atoms with van der Waals surface area (Å²) in [6.45, 7) is 7.77. The van der Waals surface area contributed by atoms with Gasteiger partial charge in [-0.15, -0.1) is 0 Å². The van der Waals surface area contributed by atoms with Crippen LogP contribution >= 0.6 is 0 Å². The Kier molecular flexibility index (Phi) is 4.27. The maximum absolute atomic E-state index is 12.5. The van der Waals surface area contributed by atoms with E-state index in [-0.39, 0.29) is 12.5 Å². The van der Waals surface area contributed by atoms with Crippen LogP contribution in [0.1, 0.15) is 48.4 Å². The molecule has 1 amide bonds. The van der Waals surface area contributed by atoms with E-state index in [0.717, 1.165) is 17.8 Å². The molecule has 0 aromatic carbocycles. The zero-order valence-corrected chi connectivity index (χ0v) is 13.0. The molecule has 2 N–H and O–H groups in total. The van der Waals surface area contributed by atoms with Crippen LogP contribution < -0.4 is 5.32 Å². The number of hydrogen-bond donors (Lipinski definition) is 2. The summed E-state index contributed by atoms with van der Waals surface area (Å²) in [6.07, 6.45) is 2.79. The number of amides is 1. The standard InChI is InChI=1S/C15H22N4O2/c1-5-15(4,6-7-20)18-14(21)12-9-16-19-11(3)8-10(2)17-13(12)19/h8-9,20H,5-7H2,1-4H3,(H,18,21). The molecule has 0 saturated heterocycles. The average Bonchev–Trinajstić information content (AvgIpc) is 2.83. The van der Waals surface area contributed by atoms with Gasteiger partial charge >= 0.3 is 0 Å². The van der Waals surface area contributed by atoms with Gasteiger partial charge in [0, 0.05) is 23.5 Å². The Morgan fingerprint density at radius 3 is 2.81 bits per heavy atom. The summed E-state index contributed by atoms with van der Waals surface area (Å²) >= 11 is 0. The molecule has 2 aromatic heterocycles. The van der Waals surface area contributed by atoms with Crippen molar-refractivity contribution in [3.8, 4) is 0 Å². The molecule has 0 aliphatic carbocycles. The van der Waals surface area contributed by atoms with E-state index in [2.05, 4.69) is 15.4 Å². The van der Waals surface area contributed by atoms with Gasteiger partial charge in [-0.3, -0.25) is 4.79 Å². The van der Waals surface area contributed by atoms with Crippen LogP contribution in [0.15, 0.2) is 12.3 Å². The molecule has 2 heterocycles. The van der Waals surface area contributed by atoms with Crippen LogP contribution in [-0.4, -0.2) is 37.8 Å². The van der Waals surface area contributed by atoms with Gasteiger partial charge in [0.25, 0.3) is 5.91 Å². The summed E-state index contributed by atoms with van der Waals surface area (Å²) in [5.41, 5.74) is 2.37. The fourth-order valence-electron chi connectivity index (χ4n) is 2.35. The van der Waals surface area contributed by atoms with E-state index in [4.69, 9.17) is 5.11 Å². The van der Waals surface area contributed by atoms with Gasteiger partial charge in [0.2, 0.25) is 0 Å². The minimum atomic E-state index is -0.432. The highest BCUT2D eigenvalue weighted by Gasteiger charge is 2.26. The molecule has 0 spiro atoms. The third-order valence-electron chi connectivity index (χ3n) is 3.88. The molecule has 1 atom stereocenters. The number of carbonyl (C=O) groups excluding carboxylic acids is 1. The lowest BCUT2D eigenvalue weighted by Crippen LogP contribution is -2.46. The Bertz CT molecular complexity index is 665. The molecule has 0 saturated carbocycles. The number of nitrogens with one attached hydrogen (secondary N) is 1. The normalized spacial score (nSPS) is 14.1. The number of carbonyl (C=O) groups is 1. The Balaban J connectivity index is 2.36. The number of aromatic nitrogens is 3. The van der Waals surface area contributed by atoms with Crippen molar-refractivity contribution in [3.63, 3.8) is 0 Å². The third kappa shape index (κ3) is 3.05. The highest BCUT2D eigenvalue weighted by Crippen LogP contribution is 2.17. The van der Waals surface area contributed by atoms with E-state index in [1.807, 2.05) is 33.8 Å². The van der Waals surface area contributed by atoms with Crippen LogP contribution in [-0.2, 0) is 0 Å². The molecule has 0 aliphatic rings. The third-order valence-corrected chi connectivity index (χ3v) is 3.88. The highest BCUT2D eigenvalue weighted by molar-refractivity contribution is 6.00. The van der Waals surface area contributed by atoms with Crippen molar-refractivity contribution in [2.24, 2.45) is 0 Å². The van der Waals surface area contributed by atoms with Crippen LogP contribution in [0.5, 0.6) is 0 Å². The van der Waals surface area contributed by atoms with Gasteiger partial charge in [0.05, 0.1) is 6.20 Å². The monoisotopic (exact) mass is 290 g/mol. The zero-order valence-electron chi connectivity index (χ0n) is 13.0. The van der Waals surface area contributed by atoms with Crippen molar-refractivity contribution >= 4 is 11.6 Å². The Morgan fingerprint density at radius 2 is 2.19 bits per heavy atom. The molecule has 0 bridgehead atoms. The van der Waals surface area contributed by atoms with Crippen molar-refractivity contribution in [3.05, 3.63) is 29.2 Å². The maximum atomic E-state index is 12.5. The van der Waals surface area contributed by atoms with Crippen molar-refractivity contribution in [1.82, 2.24) is 19.9 Å². The molecule has 1 unspecified atom stereocenters. The topological polar surface area (TPSA) is 79.5 Å². The number of hydrogen-bond acceptors (Lipinski definition) is 4. The fraction of sp³-hybridized carbons (Fsp3) is 0.533. The SMILES string of the molecule is CCC(C)(CCO)NC(=O)c1cnn2c(C)cc(C)nc12. The zero-order chi connectivity index (χ0) is 15.6. The first-order valence-corrected chi connectivity index (χ1v) is 7.15. The van der Waals surface area contributed by atoms with E-state index in [9.17, 15) is 4.79 Å². The molecular weight excluding hydrogens is 268 g/mol. The fourth-order valence-corrected chi connectivity index (χ4v) is 2.35. The van der Waals surface area contributed by atoms with Crippen molar-refractivity contribution in [1.29, 1.82) is 0 Å². The predicted molar refractivity (Wildman–Crippen MR) is 80.3 cm³/mol. The molecule has 21 heavy (non-hydrogen) atoms. The first-order chi connectivity index (χ1) is 9.90. The number of nitrogens with zero attached hydrogens (tertiary/aromatic N) is 3. The summed E-state index contributed by atoms with van der Waals surface area (Å²) < 4.78 is 1.66. The van der Waals surface area contributed by atoms with Gasteiger partial charge in [-0.05, 0) is 39.7 Å². The minimum absolute atomic E-state index is 0.0375. The highest BCUT2D eigenvalue weighted by atomic mass is 16.3. The van der Waals surface area contributed by atoms with E-state index in [0.29, 0.717) is 17.6 Å². The number of rotatable bonds is 5. The summed E-state index contributed by atoms with van der Waals surface area (Å²) in [5.74, 6) is -0.208. The van der Waals surface area contributed by atoms with Crippen LogP contribution in [0.3, 0.4) is 0 Å². The van der Waals surface area contributed by atoms with Crippen LogP contribution in [0, 0.1) is 13.8 Å². The molecule has 6 nitrogen and oxygen atoms in total. The first kappa shape index (κ1) is 15.4. The molecule has 6 heteroatoms. The smallest absolute Gasteiger partial charge is 0.257 e. The lowest BCUT2D eigenvalue weighted by Gasteiger charge is -2.28. The molecule has 114 valence electrons. The predicted octanol–water partition coefficient (Wildman–Crippen LogP) is 1.63. The molecular formula is C15H22N4O2. The lowest BCUT2D eigenvalue weighted by atomic mass is 9.94. The van der Waals surface area contributed by atoms with E-state index >= 15 is 0 Å². The second-order valence-corrected chi connectivity index (χ2v) is 5.67. The minimum Gasteiger partial charge on any atom is -0.396 e. The number of aliphatic hydroxyl groups excluding tert-OH is 1. The average molecular weight is 290 g/mol. The second kappa shape index (κ2) is 5.81. The molecule has 0 fully saturated rings. The van der Waals surface area contributed by atoms with Gasteiger partial charge in [-0.2, -0.15) is 5.10 Å². The van der Waals surface area contributed by atoms with Gasteiger partial charge < -0.3 is 10.4 Å². The van der Waals surface area contributed by atoms with Gasteiger partial charge in [-0.1, -0.05) is 6.92 Å². The number of aryl methyl sites for hydroxylation is 2. The number of fused-ring (bicyclic) bond motifs is 1. The van der Waals surface area contributed by atoms with Crippen LogP contribution in [0.25, 0.3) is 5.65 Å². The molecule has 0 radical (unpaired) electrons. The van der Waals surface area contributed by atoms with E-state index in [1.54, 1.807) is 10.7 Å². The molecule has 2 rings (SSSR count). The van der Waals surface area contributed by atoms with Crippen LogP contribution in [0.2, 0.25) is 0 Å². The van der Waals surface area contributed by atoms with Gasteiger partial charge in [0.15, 0.2) is 5.65 Å². The summed E-state index contributed by atoms with van der Waals surface area (Å²) in [6, 6.07) is 1.92. The van der Waals surface area contributed by atoms with Crippen molar-refractivity contribution in [2.45, 2.75) is 46.1 Å². The molecule has 0 aliphatic heterocycles. The summed E-state index contributed by atoms with van der Waals surface area (Å²) in [4.78, 5) is 16.9. The quantitative estimate of drug-likeness (QED) is 0.877. The largest absolute Gasteiger partial charge is 0.396 e. The van der Waals surface area contributed by atoms with E-state index in [1.165, 1.54) is 0 Å². The lowest BCUT2D eigenvalue weighted by molar-refractivity contribution is 0.0887. The molecule has 2 aromatic rings. The first-order valence-electron chi connectivity index (χ1n) is 7.15. The second-order valence-electron chi connectivity index (χ2n) is 5.67. The summed E-state index contributed by atoms with van der Waals surface area (Å²) in [7, 11) is 0. The van der Waals surface area contributed by atoms with Crippen LogP contribution in [0.4, 0.5) is 0 Å². The van der Waals surface area contributed by atoms with Crippen molar-refractivity contribution < 1.29 is 9.90 Å². The maximum Gasteiger partial charge on any atom is 0.257 e. The van der Waals surface area contributed by atoms with Crippen molar-refractivity contribution in [2.75, 3.05) is 6.61 Å². The Hall–Kier alpha value is -1.95. The Labute approximate surface area is 124 Å². The van der Waals surface area contributed by atoms with Gasteiger partial charge in [-0.25, -0.2) is 9.50 Å². The number of aliphatic hydroxyl groups is 1. The van der Waals surface area contributed by atoms with Gasteiger partial charge in [0.1, 0.15) is 5.56 Å². The van der Waals surface area contributed by atoms with E-state index < -0.39 is 5.54 Å². The Morgan fingerprint density at radius 1 is 1.48 bits per heavy atom. The summed E-state index contributed by atoms with van der Waals surface area (Å²) in [5, 5.41) is 16.4.